The van der Waals surface area contributed by atoms with Crippen LogP contribution in [0.1, 0.15) is 43.2 Å². The number of benzene rings is 1. The summed E-state index contributed by atoms with van der Waals surface area (Å²) < 4.78 is 26.9. The average molecular weight is 279 g/mol. The molecule has 0 aromatic heterocycles. The van der Waals surface area contributed by atoms with Crippen LogP contribution in [0.5, 0.6) is 0 Å². The first-order valence-corrected chi connectivity index (χ1v) is 8.74. The average Bonchev–Trinajstić information content (AvgIpc) is 2.47. The Kier molecular flexibility index (Phi) is 3.63. The molecule has 3 rings (SSSR count). The lowest BCUT2D eigenvalue weighted by Crippen LogP contribution is -2.35. The van der Waals surface area contributed by atoms with E-state index in [0.717, 1.165) is 32.1 Å². The zero-order valence-electron chi connectivity index (χ0n) is 11.3. The molecule has 1 heterocycles. The fourth-order valence-corrected chi connectivity index (χ4v) is 4.69. The quantitative estimate of drug-likeness (QED) is 0.835. The number of fused-ring (bicyclic) bond motifs is 1. The minimum absolute atomic E-state index is 0.495. The number of hydrogen-bond donors (Lipinski definition) is 0. The maximum Gasteiger partial charge on any atom is 0.243 e. The smallest absolute Gasteiger partial charge is 0.207 e. The molecule has 1 fully saturated rings. The van der Waals surface area contributed by atoms with E-state index in [4.69, 9.17) is 0 Å². The predicted octanol–water partition coefficient (Wildman–Crippen LogP) is 2.74. The van der Waals surface area contributed by atoms with E-state index in [1.54, 1.807) is 10.4 Å². The topological polar surface area (TPSA) is 37.4 Å². The largest absolute Gasteiger partial charge is 0.243 e. The Bertz CT molecular complexity index is 560. The summed E-state index contributed by atoms with van der Waals surface area (Å²) in [5, 5.41) is 0. The first-order valence-electron chi connectivity index (χ1n) is 7.30. The Hall–Kier alpha value is -0.870. The molecule has 0 atom stereocenters. The molecule has 2 aliphatic rings. The third-order valence-corrected chi connectivity index (χ3v) is 6.17. The SMILES string of the molecule is O=S(=O)(c1ccc2c(c1)CCCC2)N1CCCCC1. The van der Waals surface area contributed by atoms with Gasteiger partial charge in [0.1, 0.15) is 0 Å². The number of piperidine rings is 1. The van der Waals surface area contributed by atoms with Gasteiger partial charge in [0.15, 0.2) is 0 Å². The van der Waals surface area contributed by atoms with Crippen molar-refractivity contribution in [3.63, 3.8) is 0 Å². The van der Waals surface area contributed by atoms with Crippen molar-refractivity contribution in [1.29, 1.82) is 0 Å². The number of rotatable bonds is 2. The van der Waals surface area contributed by atoms with Crippen molar-refractivity contribution in [2.24, 2.45) is 0 Å². The second-order valence-electron chi connectivity index (χ2n) is 5.60. The van der Waals surface area contributed by atoms with Gasteiger partial charge in [0.05, 0.1) is 4.90 Å². The molecule has 1 aliphatic heterocycles. The molecule has 104 valence electrons. The van der Waals surface area contributed by atoms with Crippen molar-refractivity contribution in [2.45, 2.75) is 49.8 Å². The molecule has 3 nitrogen and oxygen atoms in total. The van der Waals surface area contributed by atoms with Gasteiger partial charge in [0, 0.05) is 13.1 Å². The fourth-order valence-electron chi connectivity index (χ4n) is 3.12. The monoisotopic (exact) mass is 279 g/mol. The maximum atomic E-state index is 12.6. The van der Waals surface area contributed by atoms with Crippen LogP contribution in [0, 0.1) is 0 Å². The number of hydrogen-bond acceptors (Lipinski definition) is 2. The number of sulfonamides is 1. The van der Waals surface area contributed by atoms with Gasteiger partial charge in [-0.2, -0.15) is 4.31 Å². The lowest BCUT2D eigenvalue weighted by atomic mass is 9.92. The number of nitrogens with zero attached hydrogens (tertiary/aromatic N) is 1. The Balaban J connectivity index is 1.92. The molecule has 19 heavy (non-hydrogen) atoms. The van der Waals surface area contributed by atoms with Gasteiger partial charge in [-0.3, -0.25) is 0 Å². The summed E-state index contributed by atoms with van der Waals surface area (Å²) in [7, 11) is -3.26. The Morgan fingerprint density at radius 1 is 0.842 bits per heavy atom. The van der Waals surface area contributed by atoms with Crippen LogP contribution in [0.3, 0.4) is 0 Å². The van der Waals surface area contributed by atoms with Crippen LogP contribution in [0.25, 0.3) is 0 Å². The highest BCUT2D eigenvalue weighted by atomic mass is 32.2. The summed E-state index contributed by atoms with van der Waals surface area (Å²) in [6.07, 6.45) is 7.66. The van der Waals surface area contributed by atoms with Gasteiger partial charge in [-0.25, -0.2) is 8.42 Å². The second-order valence-corrected chi connectivity index (χ2v) is 7.54. The summed E-state index contributed by atoms with van der Waals surface area (Å²) in [5.41, 5.74) is 2.58. The highest BCUT2D eigenvalue weighted by Gasteiger charge is 2.26. The van der Waals surface area contributed by atoms with Crippen molar-refractivity contribution in [3.05, 3.63) is 29.3 Å². The van der Waals surface area contributed by atoms with Crippen LogP contribution in [0.15, 0.2) is 23.1 Å². The van der Waals surface area contributed by atoms with Gasteiger partial charge in [-0.15, -0.1) is 0 Å². The van der Waals surface area contributed by atoms with Crippen LogP contribution in [0.2, 0.25) is 0 Å². The van der Waals surface area contributed by atoms with Crippen LogP contribution < -0.4 is 0 Å². The zero-order valence-corrected chi connectivity index (χ0v) is 12.1. The van der Waals surface area contributed by atoms with Gasteiger partial charge in [-0.1, -0.05) is 12.5 Å². The molecule has 1 aromatic carbocycles. The van der Waals surface area contributed by atoms with Gasteiger partial charge in [0.2, 0.25) is 10.0 Å². The molecule has 0 amide bonds. The van der Waals surface area contributed by atoms with E-state index in [-0.39, 0.29) is 0 Å². The summed E-state index contributed by atoms with van der Waals surface area (Å²) in [4.78, 5) is 0.495. The fraction of sp³-hybridized carbons (Fsp3) is 0.600. The van der Waals surface area contributed by atoms with Crippen molar-refractivity contribution in [1.82, 2.24) is 4.31 Å². The predicted molar refractivity (Wildman–Crippen MR) is 75.7 cm³/mol. The highest BCUT2D eigenvalue weighted by Crippen LogP contribution is 2.26. The molecule has 0 radical (unpaired) electrons. The molecule has 4 heteroatoms. The normalized spacial score (nSPS) is 21.1. The highest BCUT2D eigenvalue weighted by molar-refractivity contribution is 7.89. The summed E-state index contributed by atoms with van der Waals surface area (Å²) in [6, 6.07) is 5.73. The molecule has 0 spiro atoms. The van der Waals surface area contributed by atoms with E-state index >= 15 is 0 Å². The molecule has 0 saturated carbocycles. The molecule has 1 aliphatic carbocycles. The molecule has 1 saturated heterocycles. The molecule has 0 bridgehead atoms. The van der Waals surface area contributed by atoms with Gasteiger partial charge < -0.3 is 0 Å². The van der Waals surface area contributed by atoms with Crippen LogP contribution in [-0.2, 0) is 22.9 Å². The number of aryl methyl sites for hydroxylation is 2. The maximum absolute atomic E-state index is 12.6. The molecule has 1 aromatic rings. The van der Waals surface area contributed by atoms with Gasteiger partial charge in [0.25, 0.3) is 0 Å². The third-order valence-electron chi connectivity index (χ3n) is 4.27. The first kappa shape index (κ1) is 13.1. The standard InChI is InChI=1S/C15H21NO2S/c17-19(18,16-10-4-1-5-11-16)15-9-8-13-6-2-3-7-14(13)12-15/h8-9,12H,1-7,10-11H2. The van der Waals surface area contributed by atoms with Crippen LogP contribution >= 0.6 is 0 Å². The van der Waals surface area contributed by atoms with E-state index in [2.05, 4.69) is 0 Å². The molecular weight excluding hydrogens is 258 g/mol. The van der Waals surface area contributed by atoms with Crippen molar-refractivity contribution in [3.8, 4) is 0 Å². The zero-order chi connectivity index (χ0) is 13.3. The lowest BCUT2D eigenvalue weighted by molar-refractivity contribution is 0.346. The molecular formula is C15H21NO2S. The van der Waals surface area contributed by atoms with E-state index in [9.17, 15) is 8.42 Å². The minimum atomic E-state index is -3.26. The van der Waals surface area contributed by atoms with Crippen molar-refractivity contribution >= 4 is 10.0 Å². The van der Waals surface area contributed by atoms with Gasteiger partial charge in [-0.05, 0) is 61.8 Å². The molecule has 0 unspecified atom stereocenters. The Labute approximate surface area is 115 Å². The van der Waals surface area contributed by atoms with Gasteiger partial charge >= 0.3 is 0 Å². The Morgan fingerprint density at radius 2 is 1.53 bits per heavy atom. The minimum Gasteiger partial charge on any atom is -0.207 e. The van der Waals surface area contributed by atoms with E-state index < -0.39 is 10.0 Å². The summed E-state index contributed by atoms with van der Waals surface area (Å²) in [6.45, 7) is 1.36. The summed E-state index contributed by atoms with van der Waals surface area (Å²) >= 11 is 0. The first-order chi connectivity index (χ1) is 9.18. The molecule has 0 N–H and O–H groups in total. The van der Waals surface area contributed by atoms with E-state index in [1.165, 1.54) is 24.0 Å². The lowest BCUT2D eigenvalue weighted by Gasteiger charge is -2.26. The van der Waals surface area contributed by atoms with E-state index in [1.807, 2.05) is 12.1 Å². The van der Waals surface area contributed by atoms with Crippen molar-refractivity contribution in [2.75, 3.05) is 13.1 Å². The second kappa shape index (κ2) is 5.25. The Morgan fingerprint density at radius 3 is 2.26 bits per heavy atom. The van der Waals surface area contributed by atoms with Crippen molar-refractivity contribution < 1.29 is 8.42 Å². The summed E-state index contributed by atoms with van der Waals surface area (Å²) in [5.74, 6) is 0. The third kappa shape index (κ3) is 2.56. The van der Waals surface area contributed by atoms with Crippen LogP contribution in [0.4, 0.5) is 0 Å². The van der Waals surface area contributed by atoms with Crippen LogP contribution in [-0.4, -0.2) is 25.8 Å². The van der Waals surface area contributed by atoms with E-state index in [0.29, 0.717) is 18.0 Å².